The molecular formula is C6H9NO. The van der Waals surface area contributed by atoms with Gasteiger partial charge in [-0.25, -0.2) is 0 Å². The van der Waals surface area contributed by atoms with E-state index in [1.54, 1.807) is 0 Å². The van der Waals surface area contributed by atoms with Gasteiger partial charge < -0.3 is 4.74 Å². The summed E-state index contributed by atoms with van der Waals surface area (Å²) in [6, 6.07) is 1.91. The van der Waals surface area contributed by atoms with Crippen molar-refractivity contribution < 1.29 is 4.74 Å². The third-order valence-electron chi connectivity index (χ3n) is 0.688. The minimum Gasteiger partial charge on any atom is -0.360 e. The molecule has 0 radical (unpaired) electrons. The highest BCUT2D eigenvalue weighted by atomic mass is 16.5. The van der Waals surface area contributed by atoms with Crippen molar-refractivity contribution >= 4 is 0 Å². The minimum atomic E-state index is -0.431. The molecular weight excluding hydrogens is 102 g/mol. The number of nitriles is 1. The number of nitrogens with zero attached hydrogens (tertiary/aromatic N) is 1. The van der Waals surface area contributed by atoms with Crippen LogP contribution >= 0.6 is 0 Å². The largest absolute Gasteiger partial charge is 0.360 e. The van der Waals surface area contributed by atoms with Gasteiger partial charge in [0.2, 0.25) is 0 Å². The molecule has 1 atom stereocenters. The fourth-order valence-corrected chi connectivity index (χ4v) is 0.338. The van der Waals surface area contributed by atoms with Crippen LogP contribution in [0.5, 0.6) is 0 Å². The van der Waals surface area contributed by atoms with E-state index in [0.29, 0.717) is 6.61 Å². The second-order valence-electron chi connectivity index (χ2n) is 1.24. The molecule has 0 aliphatic heterocycles. The van der Waals surface area contributed by atoms with Crippen LogP contribution in [0.15, 0.2) is 12.7 Å². The SMILES string of the molecule is C=CC(C#N)OCC. The lowest BCUT2D eigenvalue weighted by molar-refractivity contribution is 0.133. The molecule has 0 aromatic carbocycles. The van der Waals surface area contributed by atoms with Crippen LogP contribution in [0.4, 0.5) is 0 Å². The maximum Gasteiger partial charge on any atom is 0.161 e. The van der Waals surface area contributed by atoms with Crippen molar-refractivity contribution in [1.82, 2.24) is 0 Å². The highest BCUT2D eigenvalue weighted by Crippen LogP contribution is 1.88. The molecule has 1 unspecified atom stereocenters. The molecule has 0 aliphatic carbocycles. The zero-order valence-electron chi connectivity index (χ0n) is 4.92. The summed E-state index contributed by atoms with van der Waals surface area (Å²) in [5, 5.41) is 8.21. The van der Waals surface area contributed by atoms with Gasteiger partial charge in [0.1, 0.15) is 0 Å². The maximum absolute atomic E-state index is 8.21. The fraction of sp³-hybridized carbons (Fsp3) is 0.500. The average Bonchev–Trinajstić information content (AvgIpc) is 1.83. The Morgan fingerprint density at radius 2 is 2.62 bits per heavy atom. The zero-order chi connectivity index (χ0) is 6.41. The third-order valence-corrected chi connectivity index (χ3v) is 0.688. The topological polar surface area (TPSA) is 33.0 Å². The first-order chi connectivity index (χ1) is 3.85. The molecule has 0 bridgehead atoms. The monoisotopic (exact) mass is 111 g/mol. The second kappa shape index (κ2) is 4.35. The number of hydrogen-bond donors (Lipinski definition) is 0. The minimum absolute atomic E-state index is 0.431. The first kappa shape index (κ1) is 7.19. The Morgan fingerprint density at radius 1 is 2.00 bits per heavy atom. The van der Waals surface area contributed by atoms with Crippen molar-refractivity contribution in [2.24, 2.45) is 0 Å². The molecule has 0 saturated carbocycles. The van der Waals surface area contributed by atoms with Crippen LogP contribution in [-0.2, 0) is 4.74 Å². The Labute approximate surface area is 49.4 Å². The lowest BCUT2D eigenvalue weighted by Gasteiger charge is -1.99. The van der Waals surface area contributed by atoms with Crippen LogP contribution in [0.25, 0.3) is 0 Å². The molecule has 44 valence electrons. The third kappa shape index (κ3) is 2.38. The van der Waals surface area contributed by atoms with Crippen LogP contribution in [0, 0.1) is 11.3 Å². The van der Waals surface area contributed by atoms with Gasteiger partial charge in [-0.15, -0.1) is 0 Å². The van der Waals surface area contributed by atoms with Crippen molar-refractivity contribution in [3.63, 3.8) is 0 Å². The highest BCUT2D eigenvalue weighted by molar-refractivity contribution is 4.97. The van der Waals surface area contributed by atoms with Crippen LogP contribution in [0.2, 0.25) is 0 Å². The summed E-state index contributed by atoms with van der Waals surface area (Å²) in [5.41, 5.74) is 0. The molecule has 0 aliphatic rings. The molecule has 8 heavy (non-hydrogen) atoms. The molecule has 0 spiro atoms. The molecule has 0 saturated heterocycles. The van der Waals surface area contributed by atoms with E-state index in [2.05, 4.69) is 6.58 Å². The molecule has 0 rings (SSSR count). The van der Waals surface area contributed by atoms with Crippen molar-refractivity contribution in [3.05, 3.63) is 12.7 Å². The standard InChI is InChI=1S/C6H9NO/c1-3-6(5-7)8-4-2/h3,6H,1,4H2,2H3. The summed E-state index contributed by atoms with van der Waals surface area (Å²) in [6.45, 7) is 5.80. The predicted molar refractivity (Wildman–Crippen MR) is 31.2 cm³/mol. The van der Waals surface area contributed by atoms with Gasteiger partial charge in [-0.1, -0.05) is 6.58 Å². The van der Waals surface area contributed by atoms with Gasteiger partial charge >= 0.3 is 0 Å². The lowest BCUT2D eigenvalue weighted by atomic mass is 10.4. The Kier molecular flexibility index (Phi) is 3.91. The van der Waals surface area contributed by atoms with E-state index in [-0.39, 0.29) is 0 Å². The van der Waals surface area contributed by atoms with E-state index in [4.69, 9.17) is 10.00 Å². The van der Waals surface area contributed by atoms with E-state index in [0.717, 1.165) is 0 Å². The molecule has 2 nitrogen and oxygen atoms in total. The zero-order valence-corrected chi connectivity index (χ0v) is 4.92. The van der Waals surface area contributed by atoms with Crippen molar-refractivity contribution in [3.8, 4) is 6.07 Å². The first-order valence-corrected chi connectivity index (χ1v) is 2.49. The molecule has 0 aromatic heterocycles. The van der Waals surface area contributed by atoms with Gasteiger partial charge in [-0.2, -0.15) is 5.26 Å². The molecule has 2 heteroatoms. The number of hydrogen-bond acceptors (Lipinski definition) is 2. The highest BCUT2D eigenvalue weighted by Gasteiger charge is 1.95. The van der Waals surface area contributed by atoms with Crippen LogP contribution in [-0.4, -0.2) is 12.7 Å². The van der Waals surface area contributed by atoms with Gasteiger partial charge in [-0.3, -0.25) is 0 Å². The molecule has 0 amide bonds. The van der Waals surface area contributed by atoms with E-state index >= 15 is 0 Å². The lowest BCUT2D eigenvalue weighted by Crippen LogP contribution is -2.04. The summed E-state index contributed by atoms with van der Waals surface area (Å²) in [6.07, 6.45) is 1.05. The van der Waals surface area contributed by atoms with Gasteiger partial charge in [0.15, 0.2) is 6.10 Å². The van der Waals surface area contributed by atoms with Crippen LogP contribution in [0.1, 0.15) is 6.92 Å². The van der Waals surface area contributed by atoms with E-state index in [1.807, 2.05) is 13.0 Å². The van der Waals surface area contributed by atoms with E-state index < -0.39 is 6.10 Å². The Bertz CT molecular complexity index is 104. The Morgan fingerprint density at radius 3 is 2.75 bits per heavy atom. The van der Waals surface area contributed by atoms with Crippen LogP contribution in [0.3, 0.4) is 0 Å². The van der Waals surface area contributed by atoms with Gasteiger partial charge in [0.05, 0.1) is 6.07 Å². The quantitative estimate of drug-likeness (QED) is 0.511. The maximum atomic E-state index is 8.21. The second-order valence-corrected chi connectivity index (χ2v) is 1.24. The van der Waals surface area contributed by atoms with Gasteiger partial charge in [-0.05, 0) is 13.0 Å². The average molecular weight is 111 g/mol. The summed E-state index contributed by atoms with van der Waals surface area (Å²) in [4.78, 5) is 0. The van der Waals surface area contributed by atoms with Crippen LogP contribution < -0.4 is 0 Å². The number of ether oxygens (including phenoxy) is 1. The van der Waals surface area contributed by atoms with Crippen molar-refractivity contribution in [2.75, 3.05) is 6.61 Å². The Balaban J connectivity index is 3.40. The number of rotatable bonds is 3. The first-order valence-electron chi connectivity index (χ1n) is 2.49. The van der Waals surface area contributed by atoms with Gasteiger partial charge in [0, 0.05) is 6.61 Å². The van der Waals surface area contributed by atoms with E-state index in [1.165, 1.54) is 6.08 Å². The van der Waals surface area contributed by atoms with Crippen molar-refractivity contribution in [2.45, 2.75) is 13.0 Å². The summed E-state index contributed by atoms with van der Waals surface area (Å²) >= 11 is 0. The normalized spacial score (nSPS) is 12.0. The molecule has 0 aromatic rings. The summed E-state index contributed by atoms with van der Waals surface area (Å²) < 4.78 is 4.86. The summed E-state index contributed by atoms with van der Waals surface area (Å²) in [5.74, 6) is 0. The Hall–Kier alpha value is -0.810. The molecule has 0 heterocycles. The molecule has 0 N–H and O–H groups in total. The smallest absolute Gasteiger partial charge is 0.161 e. The fourth-order valence-electron chi connectivity index (χ4n) is 0.338. The van der Waals surface area contributed by atoms with Gasteiger partial charge in [0.25, 0.3) is 0 Å². The van der Waals surface area contributed by atoms with Crippen molar-refractivity contribution in [1.29, 1.82) is 5.26 Å². The molecule has 0 fully saturated rings. The van der Waals surface area contributed by atoms with E-state index in [9.17, 15) is 0 Å². The summed E-state index contributed by atoms with van der Waals surface area (Å²) in [7, 11) is 0. The predicted octanol–water partition coefficient (Wildman–Crippen LogP) is 1.10.